The van der Waals surface area contributed by atoms with E-state index in [0.29, 0.717) is 25.7 Å². The summed E-state index contributed by atoms with van der Waals surface area (Å²) >= 11 is 0. The quantitative estimate of drug-likeness (QED) is 0.688. The van der Waals surface area contributed by atoms with Crippen LogP contribution < -0.4 is 10.0 Å². The highest BCUT2D eigenvalue weighted by molar-refractivity contribution is 7.90. The highest BCUT2D eigenvalue weighted by Crippen LogP contribution is 2.24. The van der Waals surface area contributed by atoms with Crippen LogP contribution in [0, 0.1) is 0 Å². The highest BCUT2D eigenvalue weighted by atomic mass is 32.2. The summed E-state index contributed by atoms with van der Waals surface area (Å²) < 4.78 is 32.0. The summed E-state index contributed by atoms with van der Waals surface area (Å²) in [6, 6.07) is 7.74. The Labute approximate surface area is 169 Å². The van der Waals surface area contributed by atoms with Crippen LogP contribution >= 0.6 is 0 Å². The minimum Gasteiger partial charge on any atom is -0.446 e. The summed E-state index contributed by atoms with van der Waals surface area (Å²) in [5, 5.41) is 2.77. The van der Waals surface area contributed by atoms with Crippen molar-refractivity contribution in [3.8, 4) is 0 Å². The summed E-state index contributed by atoms with van der Waals surface area (Å²) in [7, 11) is -3.36. The molecule has 1 aromatic rings. The van der Waals surface area contributed by atoms with E-state index in [1.165, 1.54) is 5.56 Å². The molecule has 0 radical (unpaired) electrons. The third-order valence-electron chi connectivity index (χ3n) is 5.10. The number of hydrogen-bond donors (Lipinski definition) is 2. The molecule has 0 heterocycles. The van der Waals surface area contributed by atoms with Gasteiger partial charge in [-0.25, -0.2) is 17.9 Å². The van der Waals surface area contributed by atoms with Crippen molar-refractivity contribution < 1.29 is 17.9 Å². The Balaban J connectivity index is 1.76. The molecular weight excluding hydrogens is 376 g/mol. The molecule has 2 N–H and O–H groups in total. The summed E-state index contributed by atoms with van der Waals surface area (Å²) in [5.41, 5.74) is 1.98. The predicted molar refractivity (Wildman–Crippen MR) is 113 cm³/mol. The van der Waals surface area contributed by atoms with Gasteiger partial charge in [0, 0.05) is 11.7 Å². The van der Waals surface area contributed by atoms with Gasteiger partial charge in [0.05, 0.1) is 4.75 Å². The standard InChI is InChI=1S/C21H34N2O4S/c1-5-6-7-16-8-10-17(11-9-16)22-20(24)27-19-14-12-18(13-15-19)23-28(25,26)21(2,3)4/h8-11,18-19,23H,5-7,12-15H2,1-4H3,(H,22,24)/t18-,19-. The maximum Gasteiger partial charge on any atom is 0.411 e. The van der Waals surface area contributed by atoms with Crippen LogP contribution in [-0.2, 0) is 21.2 Å². The lowest BCUT2D eigenvalue weighted by Gasteiger charge is -2.31. The molecule has 0 spiro atoms. The van der Waals surface area contributed by atoms with Gasteiger partial charge >= 0.3 is 6.09 Å². The molecule has 1 aliphatic rings. The first kappa shape index (κ1) is 22.7. The van der Waals surface area contributed by atoms with Gasteiger partial charge in [-0.1, -0.05) is 25.5 Å². The van der Waals surface area contributed by atoms with Crippen LogP contribution in [0.25, 0.3) is 0 Å². The molecule has 28 heavy (non-hydrogen) atoms. The number of sulfonamides is 1. The number of nitrogens with one attached hydrogen (secondary N) is 2. The third kappa shape index (κ3) is 6.78. The van der Waals surface area contributed by atoms with Crippen LogP contribution in [0.5, 0.6) is 0 Å². The van der Waals surface area contributed by atoms with E-state index in [9.17, 15) is 13.2 Å². The fourth-order valence-electron chi connectivity index (χ4n) is 3.13. The second-order valence-corrected chi connectivity index (χ2v) is 11.0. The van der Waals surface area contributed by atoms with Crippen molar-refractivity contribution in [2.24, 2.45) is 0 Å². The van der Waals surface area contributed by atoms with Crippen LogP contribution in [0.4, 0.5) is 10.5 Å². The fourth-order valence-corrected chi connectivity index (χ4v) is 4.16. The summed E-state index contributed by atoms with van der Waals surface area (Å²) in [4.78, 5) is 12.1. The zero-order chi connectivity index (χ0) is 20.8. The Morgan fingerprint density at radius 3 is 2.25 bits per heavy atom. The Morgan fingerprint density at radius 1 is 1.11 bits per heavy atom. The molecule has 6 nitrogen and oxygen atoms in total. The van der Waals surface area contributed by atoms with Gasteiger partial charge in [0.2, 0.25) is 10.0 Å². The number of carbonyl (C=O) groups excluding carboxylic acids is 1. The summed E-state index contributed by atoms with van der Waals surface area (Å²) in [6.07, 6.45) is 5.36. The number of anilines is 1. The number of aryl methyl sites for hydroxylation is 1. The van der Waals surface area contributed by atoms with Crippen molar-refractivity contribution in [3.63, 3.8) is 0 Å². The highest BCUT2D eigenvalue weighted by Gasteiger charge is 2.33. The van der Waals surface area contributed by atoms with Crippen LogP contribution in [0.1, 0.15) is 71.8 Å². The molecule has 0 unspecified atom stereocenters. The predicted octanol–water partition coefficient (Wildman–Crippen LogP) is 4.61. The first-order valence-electron chi connectivity index (χ1n) is 10.2. The maximum absolute atomic E-state index is 12.3. The average molecular weight is 411 g/mol. The first-order valence-corrected chi connectivity index (χ1v) is 11.7. The second-order valence-electron chi connectivity index (χ2n) is 8.54. The molecule has 1 amide bonds. The van der Waals surface area contributed by atoms with Crippen molar-refractivity contribution in [1.82, 2.24) is 4.72 Å². The van der Waals surface area contributed by atoms with Crippen molar-refractivity contribution in [2.45, 2.75) is 89.5 Å². The molecule has 158 valence electrons. The molecule has 1 saturated carbocycles. The topological polar surface area (TPSA) is 84.5 Å². The van der Waals surface area contributed by atoms with Crippen molar-refractivity contribution >= 4 is 21.8 Å². The number of rotatable bonds is 7. The minimum absolute atomic E-state index is 0.0946. The molecular formula is C21H34N2O4S. The SMILES string of the molecule is CCCCc1ccc(NC(=O)O[C@H]2CC[C@H](NS(=O)(=O)C(C)(C)C)CC2)cc1. The van der Waals surface area contributed by atoms with E-state index in [1.54, 1.807) is 20.8 Å². The number of ether oxygens (including phenoxy) is 1. The molecule has 7 heteroatoms. The summed E-state index contributed by atoms with van der Waals surface area (Å²) in [6.45, 7) is 7.22. The van der Waals surface area contributed by atoms with E-state index in [1.807, 2.05) is 24.3 Å². The van der Waals surface area contributed by atoms with Crippen LogP contribution in [0.2, 0.25) is 0 Å². The fraction of sp³-hybridized carbons (Fsp3) is 0.667. The average Bonchev–Trinajstić information content (AvgIpc) is 2.61. The maximum atomic E-state index is 12.3. The summed E-state index contributed by atoms with van der Waals surface area (Å²) in [5.74, 6) is 0. The largest absolute Gasteiger partial charge is 0.446 e. The molecule has 1 aromatic carbocycles. The van der Waals surface area contributed by atoms with E-state index in [4.69, 9.17) is 4.74 Å². The van der Waals surface area contributed by atoms with Crippen LogP contribution in [0.15, 0.2) is 24.3 Å². The zero-order valence-electron chi connectivity index (χ0n) is 17.5. The van der Waals surface area contributed by atoms with Gasteiger partial charge in [0.1, 0.15) is 6.10 Å². The van der Waals surface area contributed by atoms with Gasteiger partial charge in [-0.3, -0.25) is 5.32 Å². The molecule has 0 atom stereocenters. The van der Waals surface area contributed by atoms with E-state index in [2.05, 4.69) is 17.0 Å². The third-order valence-corrected chi connectivity index (χ3v) is 7.35. The van der Waals surface area contributed by atoms with Crippen LogP contribution in [0.3, 0.4) is 0 Å². The van der Waals surface area contributed by atoms with Gasteiger partial charge in [0.15, 0.2) is 0 Å². The lowest BCUT2D eigenvalue weighted by atomic mass is 9.94. The van der Waals surface area contributed by atoms with Gasteiger partial charge in [-0.05, 0) is 77.0 Å². The molecule has 1 fully saturated rings. The number of benzene rings is 1. The Kier molecular flexibility index (Phi) is 7.89. The Bertz CT molecular complexity index is 731. The Morgan fingerprint density at radius 2 is 1.71 bits per heavy atom. The molecule has 0 bridgehead atoms. The lowest BCUT2D eigenvalue weighted by Crippen LogP contribution is -2.46. The first-order chi connectivity index (χ1) is 13.1. The lowest BCUT2D eigenvalue weighted by molar-refractivity contribution is 0.0812. The van der Waals surface area contributed by atoms with Crippen molar-refractivity contribution in [1.29, 1.82) is 0 Å². The normalized spacial score (nSPS) is 20.6. The zero-order valence-corrected chi connectivity index (χ0v) is 18.3. The van der Waals surface area contributed by atoms with Crippen LogP contribution in [-0.4, -0.2) is 31.4 Å². The Hall–Kier alpha value is -1.60. The van der Waals surface area contributed by atoms with Gasteiger partial charge < -0.3 is 4.74 Å². The molecule has 0 saturated heterocycles. The number of hydrogen-bond acceptors (Lipinski definition) is 4. The molecule has 0 aromatic heterocycles. The van der Waals surface area contributed by atoms with E-state index in [0.717, 1.165) is 24.9 Å². The smallest absolute Gasteiger partial charge is 0.411 e. The number of amides is 1. The second kappa shape index (κ2) is 9.74. The van der Waals surface area contributed by atoms with E-state index < -0.39 is 20.9 Å². The monoisotopic (exact) mass is 410 g/mol. The van der Waals surface area contributed by atoms with E-state index >= 15 is 0 Å². The minimum atomic E-state index is -3.36. The van der Waals surface area contributed by atoms with Gasteiger partial charge in [-0.15, -0.1) is 0 Å². The number of unbranched alkanes of at least 4 members (excludes halogenated alkanes) is 1. The van der Waals surface area contributed by atoms with Gasteiger partial charge in [-0.2, -0.15) is 0 Å². The molecule has 2 rings (SSSR count). The van der Waals surface area contributed by atoms with Gasteiger partial charge in [0.25, 0.3) is 0 Å². The van der Waals surface area contributed by atoms with Crippen molar-refractivity contribution in [3.05, 3.63) is 29.8 Å². The number of carbonyl (C=O) groups is 1. The molecule has 1 aliphatic carbocycles. The molecule has 0 aliphatic heterocycles. The van der Waals surface area contributed by atoms with Crippen molar-refractivity contribution in [2.75, 3.05) is 5.32 Å². The van der Waals surface area contributed by atoms with E-state index in [-0.39, 0.29) is 12.1 Å².